The molecule has 0 spiro atoms. The van der Waals surface area contributed by atoms with Crippen LogP contribution in [0.2, 0.25) is 0 Å². The highest BCUT2D eigenvalue weighted by Crippen LogP contribution is 2.27. The van der Waals surface area contributed by atoms with Crippen LogP contribution in [-0.2, 0) is 11.2 Å². The number of hydrogen-bond acceptors (Lipinski definition) is 7. The van der Waals surface area contributed by atoms with E-state index in [1.807, 2.05) is 83.4 Å². The van der Waals surface area contributed by atoms with Gasteiger partial charge < -0.3 is 14.9 Å². The molecule has 170 valence electrons. The summed E-state index contributed by atoms with van der Waals surface area (Å²) in [4.78, 5) is 15.1. The van der Waals surface area contributed by atoms with Gasteiger partial charge in [0.25, 0.3) is 0 Å². The van der Waals surface area contributed by atoms with Crippen molar-refractivity contribution >= 4 is 35.7 Å². The molecule has 2 heterocycles. The smallest absolute Gasteiger partial charge is 0.426 e. The van der Waals surface area contributed by atoms with Crippen LogP contribution < -0.4 is 9.91 Å². The van der Waals surface area contributed by atoms with Crippen molar-refractivity contribution in [1.29, 1.82) is 0 Å². The number of hydrogen-bond donors (Lipinski definition) is 2. The summed E-state index contributed by atoms with van der Waals surface area (Å²) >= 11 is 1.54. The van der Waals surface area contributed by atoms with Crippen LogP contribution in [0.3, 0.4) is 0 Å². The average Bonchev–Trinajstić information content (AvgIpc) is 3.51. The molecule has 3 aromatic rings. The zero-order valence-corrected chi connectivity index (χ0v) is 19.3. The first-order valence-electron chi connectivity index (χ1n) is 11.0. The summed E-state index contributed by atoms with van der Waals surface area (Å²) in [5.41, 5.74) is 3.52. The summed E-state index contributed by atoms with van der Waals surface area (Å²) in [5.74, 6) is -0.954. The number of aryl methyl sites for hydroxylation is 1. The number of benzene rings is 2. The maximum Gasteiger partial charge on any atom is 0.476 e. The highest BCUT2D eigenvalue weighted by Gasteiger charge is 2.35. The van der Waals surface area contributed by atoms with E-state index in [0.29, 0.717) is 25.1 Å². The predicted octanol–water partition coefficient (Wildman–Crippen LogP) is 4.05. The zero-order valence-electron chi connectivity index (χ0n) is 18.5. The normalized spacial score (nSPS) is 16.1. The van der Waals surface area contributed by atoms with Gasteiger partial charge in [0.2, 0.25) is 5.91 Å². The molecule has 0 radical (unpaired) electrons. The largest absolute Gasteiger partial charge is 0.476 e. The van der Waals surface area contributed by atoms with Gasteiger partial charge in [-0.3, -0.25) is 4.79 Å². The maximum atomic E-state index is 13.5. The van der Waals surface area contributed by atoms with Crippen molar-refractivity contribution in [2.75, 3.05) is 16.5 Å². The zero-order chi connectivity index (χ0) is 23.2. The lowest BCUT2D eigenvalue weighted by Gasteiger charge is -2.33. The number of anilines is 2. The first kappa shape index (κ1) is 23.2. The van der Waals surface area contributed by atoms with E-state index < -0.39 is 13.1 Å². The van der Waals surface area contributed by atoms with Crippen LogP contribution in [0.5, 0.6) is 0 Å². The quantitative estimate of drug-likeness (QED) is 0.470. The molecule has 0 bridgehead atoms. The minimum absolute atomic E-state index is 0.0951. The fourth-order valence-electron chi connectivity index (χ4n) is 4.04. The molecule has 1 aliphatic heterocycles. The molecule has 0 aliphatic carbocycles. The molecule has 0 saturated heterocycles. The third kappa shape index (κ3) is 5.68. The standard InChI is InChI=1S/C24H27BN4O3S/c1-18-7-5-6-10-22(18)29(23(25(31)32)15-19-13-14-33-17-19)24(30)12-11-20-16-28(27-26-20)21-8-3-2-4-9-21/h2-10,13-14,17,20,23,31-32H,11-12,15-16H2,1H3. The van der Waals surface area contributed by atoms with Crippen LogP contribution in [0, 0.1) is 6.92 Å². The van der Waals surface area contributed by atoms with Crippen LogP contribution in [0.25, 0.3) is 0 Å². The molecule has 2 aromatic carbocycles. The molecule has 33 heavy (non-hydrogen) atoms. The third-order valence-electron chi connectivity index (χ3n) is 5.80. The van der Waals surface area contributed by atoms with Crippen LogP contribution in [0.15, 0.2) is 81.8 Å². The van der Waals surface area contributed by atoms with E-state index >= 15 is 0 Å². The topological polar surface area (TPSA) is 88.7 Å². The van der Waals surface area contributed by atoms with Crippen molar-refractivity contribution in [3.05, 3.63) is 82.6 Å². The minimum atomic E-state index is -1.67. The van der Waals surface area contributed by atoms with Gasteiger partial charge in [0.05, 0.1) is 24.2 Å². The van der Waals surface area contributed by atoms with E-state index in [4.69, 9.17) is 0 Å². The molecular weight excluding hydrogens is 435 g/mol. The van der Waals surface area contributed by atoms with Crippen LogP contribution in [0.4, 0.5) is 11.4 Å². The Bertz CT molecular complexity index is 1080. The second kappa shape index (κ2) is 10.7. The number of carbonyl (C=O) groups excluding carboxylic acids is 1. The Kier molecular flexibility index (Phi) is 7.54. The van der Waals surface area contributed by atoms with Crippen molar-refractivity contribution in [1.82, 2.24) is 0 Å². The second-order valence-electron chi connectivity index (χ2n) is 8.18. The van der Waals surface area contributed by atoms with Crippen LogP contribution >= 0.6 is 11.3 Å². The molecule has 9 heteroatoms. The van der Waals surface area contributed by atoms with Gasteiger partial charge in [-0.25, -0.2) is 5.01 Å². The molecule has 1 aliphatic rings. The summed E-state index contributed by atoms with van der Waals surface area (Å²) in [7, 11) is -1.67. The Morgan fingerprint density at radius 3 is 2.64 bits per heavy atom. The van der Waals surface area contributed by atoms with Gasteiger partial charge in [-0.05, 0) is 65.9 Å². The Labute approximate surface area is 198 Å². The van der Waals surface area contributed by atoms with Crippen molar-refractivity contribution in [3.8, 4) is 0 Å². The predicted molar refractivity (Wildman–Crippen MR) is 132 cm³/mol. The lowest BCUT2D eigenvalue weighted by atomic mass is 9.74. The molecule has 1 amide bonds. The van der Waals surface area contributed by atoms with Gasteiger partial charge in [-0.15, -0.1) is 0 Å². The average molecular weight is 462 g/mol. The van der Waals surface area contributed by atoms with Gasteiger partial charge in [0.15, 0.2) is 0 Å². The molecule has 1 aromatic heterocycles. The highest BCUT2D eigenvalue weighted by atomic mass is 32.1. The molecule has 2 atom stereocenters. The number of rotatable bonds is 9. The minimum Gasteiger partial charge on any atom is -0.426 e. The van der Waals surface area contributed by atoms with E-state index in [2.05, 4.69) is 10.3 Å². The molecule has 2 N–H and O–H groups in total. The van der Waals surface area contributed by atoms with E-state index in [1.54, 1.807) is 16.2 Å². The van der Waals surface area contributed by atoms with Crippen molar-refractivity contribution < 1.29 is 14.8 Å². The molecule has 2 unspecified atom stereocenters. The first-order valence-corrected chi connectivity index (χ1v) is 12.0. The molecule has 4 rings (SSSR count). The summed E-state index contributed by atoms with van der Waals surface area (Å²) < 4.78 is 0. The van der Waals surface area contributed by atoms with Gasteiger partial charge in [-0.2, -0.15) is 16.5 Å². The van der Waals surface area contributed by atoms with Crippen molar-refractivity contribution in [2.45, 2.75) is 38.2 Å². The van der Waals surface area contributed by atoms with E-state index in [-0.39, 0.29) is 18.4 Å². The first-order chi connectivity index (χ1) is 16.0. The number of carbonyl (C=O) groups is 1. The SMILES string of the molecule is Cc1ccccc1N(C(=O)CCC1CN(c2ccccc2)N=N1)C(Cc1ccsc1)B(O)O. The van der Waals surface area contributed by atoms with Gasteiger partial charge >= 0.3 is 7.12 Å². The summed E-state index contributed by atoms with van der Waals surface area (Å²) in [5, 5.41) is 34.8. The Balaban J connectivity index is 1.49. The summed E-state index contributed by atoms with van der Waals surface area (Å²) in [6.07, 6.45) is 1.11. The summed E-state index contributed by atoms with van der Waals surface area (Å²) in [6.45, 7) is 2.53. The van der Waals surface area contributed by atoms with Crippen LogP contribution in [0.1, 0.15) is 24.0 Å². The molecule has 0 fully saturated rings. The number of thiophene rings is 1. The van der Waals surface area contributed by atoms with Crippen LogP contribution in [-0.4, -0.2) is 41.6 Å². The maximum absolute atomic E-state index is 13.5. The summed E-state index contributed by atoms with van der Waals surface area (Å²) in [6, 6.07) is 19.2. The fraction of sp³-hybridized carbons (Fsp3) is 0.292. The Morgan fingerprint density at radius 2 is 1.94 bits per heavy atom. The number of nitrogens with zero attached hydrogens (tertiary/aromatic N) is 4. The number of para-hydroxylation sites is 2. The lowest BCUT2D eigenvalue weighted by molar-refractivity contribution is -0.119. The van der Waals surface area contributed by atoms with E-state index in [1.165, 1.54) is 0 Å². The van der Waals surface area contributed by atoms with Gasteiger partial charge in [-0.1, -0.05) is 41.6 Å². The van der Waals surface area contributed by atoms with Crippen molar-refractivity contribution in [2.24, 2.45) is 10.3 Å². The molecular formula is C24H27BN4O3S. The lowest BCUT2D eigenvalue weighted by Crippen LogP contribution is -2.51. The van der Waals surface area contributed by atoms with E-state index in [9.17, 15) is 14.8 Å². The third-order valence-corrected chi connectivity index (χ3v) is 6.53. The monoisotopic (exact) mass is 462 g/mol. The number of amides is 1. The van der Waals surface area contributed by atoms with Gasteiger partial charge in [0.1, 0.15) is 0 Å². The van der Waals surface area contributed by atoms with E-state index in [0.717, 1.165) is 16.8 Å². The Morgan fingerprint density at radius 1 is 1.18 bits per heavy atom. The Hall–Kier alpha value is -3.01. The van der Waals surface area contributed by atoms with Gasteiger partial charge in [0, 0.05) is 12.1 Å². The molecule has 7 nitrogen and oxygen atoms in total. The highest BCUT2D eigenvalue weighted by molar-refractivity contribution is 7.07. The fourth-order valence-corrected chi connectivity index (χ4v) is 4.72. The second-order valence-corrected chi connectivity index (χ2v) is 8.96. The molecule has 0 saturated carbocycles. The van der Waals surface area contributed by atoms with Crippen molar-refractivity contribution in [3.63, 3.8) is 0 Å².